The van der Waals surface area contributed by atoms with Gasteiger partial charge in [0.2, 0.25) is 0 Å². The molecule has 1 aromatic carbocycles. The summed E-state index contributed by atoms with van der Waals surface area (Å²) in [7, 11) is 0. The van der Waals surface area contributed by atoms with E-state index in [0.29, 0.717) is 23.7 Å². The van der Waals surface area contributed by atoms with Crippen LogP contribution in [0, 0.1) is 0 Å². The third-order valence-corrected chi connectivity index (χ3v) is 8.46. The van der Waals surface area contributed by atoms with Gasteiger partial charge in [0.1, 0.15) is 0 Å². The third kappa shape index (κ3) is 4.52. The van der Waals surface area contributed by atoms with Crippen molar-refractivity contribution < 1.29 is 14.4 Å². The molecule has 1 aliphatic heterocycles. The van der Waals surface area contributed by atoms with Gasteiger partial charge in [0, 0.05) is 29.9 Å². The van der Waals surface area contributed by atoms with Crippen LogP contribution in [0.4, 0.5) is 11.4 Å². The second-order valence-corrected chi connectivity index (χ2v) is 10.7. The van der Waals surface area contributed by atoms with Crippen molar-refractivity contribution in [2.45, 2.75) is 43.9 Å². The highest BCUT2D eigenvalue weighted by atomic mass is 32.1. The summed E-state index contributed by atoms with van der Waals surface area (Å²) in [6.07, 6.45) is 6.00. The average Bonchev–Trinajstić information content (AvgIpc) is 3.64. The molecule has 1 fully saturated rings. The Bertz CT molecular complexity index is 1180. The van der Waals surface area contributed by atoms with Gasteiger partial charge < -0.3 is 15.5 Å². The van der Waals surface area contributed by atoms with Crippen molar-refractivity contribution in [2.75, 3.05) is 23.3 Å². The van der Waals surface area contributed by atoms with Crippen molar-refractivity contribution >= 4 is 51.8 Å². The molecule has 0 radical (unpaired) electrons. The van der Waals surface area contributed by atoms with Crippen molar-refractivity contribution in [3.8, 4) is 0 Å². The first kappa shape index (κ1) is 22.8. The van der Waals surface area contributed by atoms with E-state index in [9.17, 15) is 14.4 Å². The zero-order valence-electron chi connectivity index (χ0n) is 18.8. The quantitative estimate of drug-likeness (QED) is 0.493. The number of fused-ring (bicyclic) bond motifs is 1. The van der Waals surface area contributed by atoms with Crippen LogP contribution in [0.2, 0.25) is 0 Å². The SMILES string of the molecule is O=C(NCC1(c2ccsc2)CCCC1)C(=O)Nc1ccc2c(c1)CCCN2C(=O)c1cccs1. The number of nitrogens with one attached hydrogen (secondary N) is 2. The zero-order chi connectivity index (χ0) is 23.5. The van der Waals surface area contributed by atoms with Crippen LogP contribution in [0.25, 0.3) is 0 Å². The summed E-state index contributed by atoms with van der Waals surface area (Å²) in [5.74, 6) is -1.28. The van der Waals surface area contributed by atoms with Crippen LogP contribution in [0.15, 0.2) is 52.5 Å². The molecule has 3 amide bonds. The van der Waals surface area contributed by atoms with Gasteiger partial charge in [0.05, 0.1) is 4.88 Å². The van der Waals surface area contributed by atoms with E-state index in [1.807, 2.05) is 29.6 Å². The molecule has 0 spiro atoms. The Morgan fingerprint density at radius 3 is 2.59 bits per heavy atom. The third-order valence-electron chi connectivity index (χ3n) is 6.92. The van der Waals surface area contributed by atoms with Crippen molar-refractivity contribution in [2.24, 2.45) is 0 Å². The van der Waals surface area contributed by atoms with Crippen LogP contribution in [-0.2, 0) is 21.4 Å². The number of anilines is 2. The number of nitrogens with zero attached hydrogens (tertiary/aromatic N) is 1. The molecule has 0 bridgehead atoms. The van der Waals surface area contributed by atoms with Gasteiger partial charge in [0.15, 0.2) is 0 Å². The Hall–Kier alpha value is -2.97. The maximum atomic E-state index is 12.9. The highest BCUT2D eigenvalue weighted by Crippen LogP contribution is 2.41. The smallest absolute Gasteiger partial charge is 0.313 e. The minimum absolute atomic E-state index is 0.00132. The predicted octanol–water partition coefficient (Wildman–Crippen LogP) is 4.97. The molecule has 34 heavy (non-hydrogen) atoms. The van der Waals surface area contributed by atoms with E-state index >= 15 is 0 Å². The lowest BCUT2D eigenvalue weighted by Gasteiger charge is -2.29. The summed E-state index contributed by atoms with van der Waals surface area (Å²) in [6, 6.07) is 11.3. The summed E-state index contributed by atoms with van der Waals surface area (Å²) in [6.45, 7) is 1.14. The largest absolute Gasteiger partial charge is 0.347 e. The summed E-state index contributed by atoms with van der Waals surface area (Å²) < 4.78 is 0. The van der Waals surface area contributed by atoms with E-state index in [1.54, 1.807) is 22.3 Å². The average molecular weight is 494 g/mol. The first-order valence-electron chi connectivity index (χ1n) is 11.7. The fourth-order valence-corrected chi connectivity index (χ4v) is 6.57. The van der Waals surface area contributed by atoms with Gasteiger partial charge in [0.25, 0.3) is 5.91 Å². The zero-order valence-corrected chi connectivity index (χ0v) is 20.5. The summed E-state index contributed by atoms with van der Waals surface area (Å²) in [4.78, 5) is 40.6. The number of benzene rings is 1. The molecule has 0 atom stereocenters. The molecule has 1 saturated carbocycles. The van der Waals surface area contributed by atoms with E-state index < -0.39 is 11.8 Å². The van der Waals surface area contributed by atoms with Crippen LogP contribution >= 0.6 is 22.7 Å². The Balaban J connectivity index is 1.23. The number of hydrogen-bond donors (Lipinski definition) is 2. The maximum Gasteiger partial charge on any atom is 0.313 e. The maximum absolute atomic E-state index is 12.9. The lowest BCUT2D eigenvalue weighted by Crippen LogP contribution is -2.43. The second-order valence-electron chi connectivity index (χ2n) is 9.02. The number of thiophene rings is 2. The van der Waals surface area contributed by atoms with Crippen molar-refractivity contribution in [1.82, 2.24) is 5.32 Å². The lowest BCUT2D eigenvalue weighted by molar-refractivity contribution is -0.136. The molecule has 0 unspecified atom stereocenters. The van der Waals surface area contributed by atoms with Crippen molar-refractivity contribution in [3.05, 3.63) is 68.5 Å². The van der Waals surface area contributed by atoms with Crippen LogP contribution in [0.3, 0.4) is 0 Å². The summed E-state index contributed by atoms with van der Waals surface area (Å²) in [5.41, 5.74) is 3.62. The topological polar surface area (TPSA) is 78.5 Å². The highest BCUT2D eigenvalue weighted by Gasteiger charge is 2.36. The lowest BCUT2D eigenvalue weighted by atomic mass is 9.80. The van der Waals surface area contributed by atoms with E-state index in [0.717, 1.165) is 49.8 Å². The number of amides is 3. The number of hydrogen-bond acceptors (Lipinski definition) is 5. The number of rotatable bonds is 5. The Morgan fingerprint density at radius 2 is 1.85 bits per heavy atom. The van der Waals surface area contributed by atoms with Crippen molar-refractivity contribution in [1.29, 1.82) is 0 Å². The Kier molecular flexibility index (Phi) is 6.52. The normalized spacial score (nSPS) is 16.6. The van der Waals surface area contributed by atoms with Gasteiger partial charge in [-0.05, 0) is 83.3 Å². The molecular formula is C26H27N3O3S2. The summed E-state index contributed by atoms with van der Waals surface area (Å²) in [5, 5.41) is 11.7. The molecular weight excluding hydrogens is 466 g/mol. The molecule has 3 heterocycles. The molecule has 5 rings (SSSR count). The van der Waals surface area contributed by atoms with Gasteiger partial charge in [-0.3, -0.25) is 14.4 Å². The monoisotopic (exact) mass is 493 g/mol. The fourth-order valence-electron chi connectivity index (χ4n) is 5.12. The second kappa shape index (κ2) is 9.72. The Morgan fingerprint density at radius 1 is 1.00 bits per heavy atom. The molecule has 8 heteroatoms. The minimum atomic E-state index is -0.666. The van der Waals surface area contributed by atoms with Gasteiger partial charge in [-0.1, -0.05) is 18.9 Å². The molecule has 6 nitrogen and oxygen atoms in total. The predicted molar refractivity (Wildman–Crippen MR) is 137 cm³/mol. The van der Waals surface area contributed by atoms with Gasteiger partial charge in [-0.25, -0.2) is 0 Å². The van der Waals surface area contributed by atoms with Crippen LogP contribution in [-0.4, -0.2) is 30.8 Å². The molecule has 176 valence electrons. The van der Waals surface area contributed by atoms with Gasteiger partial charge in [-0.2, -0.15) is 11.3 Å². The summed E-state index contributed by atoms with van der Waals surface area (Å²) >= 11 is 3.10. The van der Waals surface area contributed by atoms with Crippen molar-refractivity contribution in [3.63, 3.8) is 0 Å². The van der Waals surface area contributed by atoms with Gasteiger partial charge in [-0.15, -0.1) is 11.3 Å². The van der Waals surface area contributed by atoms with E-state index in [-0.39, 0.29) is 11.3 Å². The molecule has 3 aromatic rings. The van der Waals surface area contributed by atoms with E-state index in [4.69, 9.17) is 0 Å². The standard InChI is InChI=1S/C26H27N3O3S2/c30-23(27-17-26(10-1-2-11-26)19-9-14-33-16-19)24(31)28-20-7-8-21-18(15-20)5-3-12-29(21)25(32)22-6-4-13-34-22/h4,6-9,13-16H,1-3,5,10-12,17H2,(H,27,30)(H,28,31). The van der Waals surface area contributed by atoms with E-state index in [2.05, 4.69) is 27.5 Å². The highest BCUT2D eigenvalue weighted by molar-refractivity contribution is 7.12. The number of carbonyl (C=O) groups excluding carboxylic acids is 3. The van der Waals surface area contributed by atoms with Gasteiger partial charge >= 0.3 is 11.8 Å². The molecule has 2 aromatic heterocycles. The van der Waals surface area contributed by atoms with Crippen LogP contribution < -0.4 is 15.5 Å². The molecule has 0 saturated heterocycles. The molecule has 2 aliphatic rings. The first-order chi connectivity index (χ1) is 16.6. The van der Waals surface area contributed by atoms with E-state index in [1.165, 1.54) is 16.9 Å². The minimum Gasteiger partial charge on any atom is -0.347 e. The number of carbonyl (C=O) groups is 3. The molecule has 1 aliphatic carbocycles. The Labute approximate surface area is 207 Å². The fraction of sp³-hybridized carbons (Fsp3) is 0.346. The first-order valence-corrected chi connectivity index (χ1v) is 13.5. The molecule has 2 N–H and O–H groups in total. The van der Waals surface area contributed by atoms with Crippen LogP contribution in [0.5, 0.6) is 0 Å². The van der Waals surface area contributed by atoms with Crippen LogP contribution in [0.1, 0.15) is 52.9 Å². The number of aryl methyl sites for hydroxylation is 1.